The molecule has 3 atom stereocenters. The van der Waals surface area contributed by atoms with E-state index in [1.54, 1.807) is 5.06 Å². The lowest BCUT2D eigenvalue weighted by Crippen LogP contribution is -2.39. The number of hydroxylamine groups is 2. The first-order valence-electron chi connectivity index (χ1n) is 6.49. The summed E-state index contributed by atoms with van der Waals surface area (Å²) < 4.78 is 0. The van der Waals surface area contributed by atoms with Crippen molar-refractivity contribution in [3.63, 3.8) is 0 Å². The van der Waals surface area contributed by atoms with E-state index in [0.29, 0.717) is 6.61 Å². The molecule has 0 aromatic carbocycles. The van der Waals surface area contributed by atoms with Gasteiger partial charge in [0.2, 0.25) is 5.91 Å². The van der Waals surface area contributed by atoms with Crippen LogP contribution in [0.2, 0.25) is 0 Å². The van der Waals surface area contributed by atoms with Gasteiger partial charge in [-0.15, -0.1) is 0 Å². The number of nitrogens with zero attached hydrogens (tertiary/aromatic N) is 1. The molecule has 16 heavy (non-hydrogen) atoms. The topological polar surface area (TPSA) is 41.6 Å². The average molecular weight is 224 g/mol. The summed E-state index contributed by atoms with van der Waals surface area (Å²) in [5, 5.41) is 5.03. The lowest BCUT2D eigenvalue weighted by molar-refractivity contribution is -0.201. The molecule has 3 rings (SSSR count). The molecule has 1 saturated carbocycles. The van der Waals surface area contributed by atoms with E-state index in [2.05, 4.69) is 5.32 Å². The molecule has 0 bridgehead atoms. The molecule has 2 saturated heterocycles. The third-order valence-corrected chi connectivity index (χ3v) is 4.25. The van der Waals surface area contributed by atoms with Crippen LogP contribution in [0.3, 0.4) is 0 Å². The van der Waals surface area contributed by atoms with E-state index in [4.69, 9.17) is 4.84 Å². The van der Waals surface area contributed by atoms with Crippen molar-refractivity contribution in [1.29, 1.82) is 0 Å². The zero-order valence-corrected chi connectivity index (χ0v) is 9.65. The maximum atomic E-state index is 12.2. The molecule has 0 aromatic heterocycles. The molecule has 3 aliphatic rings. The molecular formula is C12H20N2O2. The number of hydrogen-bond acceptors (Lipinski definition) is 3. The summed E-state index contributed by atoms with van der Waals surface area (Å²) in [7, 11) is 0. The highest BCUT2D eigenvalue weighted by Crippen LogP contribution is 2.39. The van der Waals surface area contributed by atoms with Crippen molar-refractivity contribution < 1.29 is 9.63 Å². The van der Waals surface area contributed by atoms with Gasteiger partial charge in [-0.2, -0.15) is 0 Å². The smallest absolute Gasteiger partial charge is 0.249 e. The van der Waals surface area contributed by atoms with Gasteiger partial charge in [0.25, 0.3) is 0 Å². The number of nitrogens with one attached hydrogen (secondary N) is 1. The van der Waals surface area contributed by atoms with E-state index in [1.807, 2.05) is 0 Å². The second-order valence-electron chi connectivity index (χ2n) is 5.33. The molecule has 1 N–H and O–H groups in total. The fourth-order valence-electron chi connectivity index (χ4n) is 3.34. The van der Waals surface area contributed by atoms with Gasteiger partial charge in [0.05, 0.1) is 6.61 Å². The maximum absolute atomic E-state index is 12.2. The highest BCUT2D eigenvalue weighted by Gasteiger charge is 2.41. The Balaban J connectivity index is 1.59. The van der Waals surface area contributed by atoms with Crippen LogP contribution in [-0.2, 0) is 9.63 Å². The third kappa shape index (κ3) is 1.84. The van der Waals surface area contributed by atoms with Crippen LogP contribution < -0.4 is 5.32 Å². The van der Waals surface area contributed by atoms with Crippen LogP contribution in [0.15, 0.2) is 0 Å². The molecule has 4 heteroatoms. The average Bonchev–Trinajstić information content (AvgIpc) is 2.89. The molecule has 2 aliphatic heterocycles. The minimum atomic E-state index is 0.232. The predicted molar refractivity (Wildman–Crippen MR) is 59.5 cm³/mol. The lowest BCUT2D eigenvalue weighted by Gasteiger charge is -2.28. The first-order chi connectivity index (χ1) is 7.84. The van der Waals surface area contributed by atoms with Crippen molar-refractivity contribution in [3.05, 3.63) is 0 Å². The Morgan fingerprint density at radius 1 is 1.19 bits per heavy atom. The summed E-state index contributed by atoms with van der Waals surface area (Å²) in [6.07, 6.45) is 4.31. The molecule has 3 fully saturated rings. The first kappa shape index (κ1) is 10.5. The Bertz CT molecular complexity index is 264. The largest absolute Gasteiger partial charge is 0.316 e. The summed E-state index contributed by atoms with van der Waals surface area (Å²) >= 11 is 0. The Morgan fingerprint density at radius 2 is 1.94 bits per heavy atom. The van der Waals surface area contributed by atoms with Crippen molar-refractivity contribution in [3.8, 4) is 0 Å². The number of carbonyl (C=O) groups is 1. The number of carbonyl (C=O) groups excluding carboxylic acids is 1. The predicted octanol–water partition coefficient (Wildman–Crippen LogP) is 0.786. The van der Waals surface area contributed by atoms with Crippen molar-refractivity contribution in [1.82, 2.24) is 10.4 Å². The highest BCUT2D eigenvalue weighted by molar-refractivity contribution is 5.78. The lowest BCUT2D eigenvalue weighted by atomic mass is 10.0. The van der Waals surface area contributed by atoms with Crippen LogP contribution in [0.25, 0.3) is 0 Å². The number of rotatable bonds is 1. The van der Waals surface area contributed by atoms with Crippen LogP contribution in [0.5, 0.6) is 0 Å². The van der Waals surface area contributed by atoms with Crippen molar-refractivity contribution in [2.45, 2.75) is 25.7 Å². The van der Waals surface area contributed by atoms with Gasteiger partial charge in [-0.25, -0.2) is 5.06 Å². The first-order valence-corrected chi connectivity index (χ1v) is 6.49. The third-order valence-electron chi connectivity index (χ3n) is 4.25. The van der Waals surface area contributed by atoms with Gasteiger partial charge in [0.1, 0.15) is 0 Å². The molecule has 1 amide bonds. The molecule has 1 aliphatic carbocycles. The zero-order chi connectivity index (χ0) is 11.0. The van der Waals surface area contributed by atoms with E-state index in [1.165, 1.54) is 0 Å². The Kier molecular flexibility index (Phi) is 2.86. The van der Waals surface area contributed by atoms with Crippen molar-refractivity contribution in [2.75, 3.05) is 26.2 Å². The fraction of sp³-hybridized carbons (Fsp3) is 0.917. The minimum absolute atomic E-state index is 0.232. The summed E-state index contributed by atoms with van der Waals surface area (Å²) in [5.41, 5.74) is 0. The van der Waals surface area contributed by atoms with Gasteiger partial charge in [-0.3, -0.25) is 9.63 Å². The monoisotopic (exact) mass is 224 g/mol. The van der Waals surface area contributed by atoms with Crippen molar-refractivity contribution >= 4 is 5.91 Å². The SMILES string of the molecule is O=C(C1C[C@H]2CNC[C@H]2C1)N1CCCCO1. The van der Waals surface area contributed by atoms with Crippen LogP contribution in [0.1, 0.15) is 25.7 Å². The molecule has 90 valence electrons. The number of amides is 1. The standard InChI is InChI=1S/C12H20N2O2/c15-12(14-3-1-2-4-16-14)9-5-10-7-13-8-11(10)6-9/h9-11,13H,1-8H2/t9?,10-,11+. The summed E-state index contributed by atoms with van der Waals surface area (Å²) in [6, 6.07) is 0. The van der Waals surface area contributed by atoms with Crippen LogP contribution in [0.4, 0.5) is 0 Å². The molecule has 0 spiro atoms. The zero-order valence-electron chi connectivity index (χ0n) is 9.65. The Hall–Kier alpha value is -0.610. The van der Waals surface area contributed by atoms with Gasteiger partial charge in [-0.1, -0.05) is 0 Å². The van der Waals surface area contributed by atoms with Gasteiger partial charge < -0.3 is 5.32 Å². The highest BCUT2D eigenvalue weighted by atomic mass is 16.7. The van der Waals surface area contributed by atoms with E-state index in [0.717, 1.165) is 57.2 Å². The van der Waals surface area contributed by atoms with E-state index in [9.17, 15) is 4.79 Å². The van der Waals surface area contributed by atoms with Gasteiger partial charge >= 0.3 is 0 Å². The second kappa shape index (κ2) is 4.34. The van der Waals surface area contributed by atoms with E-state index >= 15 is 0 Å². The summed E-state index contributed by atoms with van der Waals surface area (Å²) in [6.45, 7) is 3.72. The van der Waals surface area contributed by atoms with E-state index < -0.39 is 0 Å². The minimum Gasteiger partial charge on any atom is -0.316 e. The normalized spacial score (nSPS) is 38.8. The fourth-order valence-corrected chi connectivity index (χ4v) is 3.34. The van der Waals surface area contributed by atoms with Crippen LogP contribution >= 0.6 is 0 Å². The molecular weight excluding hydrogens is 204 g/mol. The van der Waals surface area contributed by atoms with Gasteiger partial charge in [-0.05, 0) is 50.6 Å². The second-order valence-corrected chi connectivity index (χ2v) is 5.33. The molecule has 0 radical (unpaired) electrons. The van der Waals surface area contributed by atoms with Gasteiger partial charge in [0, 0.05) is 12.5 Å². The summed E-state index contributed by atoms with van der Waals surface area (Å²) in [5.74, 6) is 1.95. The quantitative estimate of drug-likeness (QED) is 0.716. The Labute approximate surface area is 96.3 Å². The number of fused-ring (bicyclic) bond motifs is 1. The van der Waals surface area contributed by atoms with E-state index in [-0.39, 0.29) is 11.8 Å². The van der Waals surface area contributed by atoms with Crippen LogP contribution in [0, 0.1) is 17.8 Å². The van der Waals surface area contributed by atoms with Crippen molar-refractivity contribution in [2.24, 2.45) is 17.8 Å². The molecule has 2 heterocycles. The Morgan fingerprint density at radius 3 is 2.56 bits per heavy atom. The molecule has 4 nitrogen and oxygen atoms in total. The van der Waals surface area contributed by atoms with Crippen LogP contribution in [-0.4, -0.2) is 37.2 Å². The van der Waals surface area contributed by atoms with Gasteiger partial charge in [0.15, 0.2) is 0 Å². The number of hydrogen-bond donors (Lipinski definition) is 1. The summed E-state index contributed by atoms with van der Waals surface area (Å²) in [4.78, 5) is 17.7. The maximum Gasteiger partial charge on any atom is 0.249 e. The molecule has 0 aromatic rings. The molecule has 1 unspecified atom stereocenters.